The van der Waals surface area contributed by atoms with Crippen molar-refractivity contribution < 1.29 is 9.53 Å². The number of hydrogen-bond acceptors (Lipinski definition) is 3. The summed E-state index contributed by atoms with van der Waals surface area (Å²) in [6.07, 6.45) is 0. The van der Waals surface area contributed by atoms with E-state index in [4.69, 9.17) is 4.74 Å². The number of carbonyl (C=O) groups excluding carboxylic acids is 1. The van der Waals surface area contributed by atoms with Crippen molar-refractivity contribution >= 4 is 5.91 Å². The van der Waals surface area contributed by atoms with Crippen LogP contribution in [0.1, 0.15) is 48.5 Å². The van der Waals surface area contributed by atoms with Gasteiger partial charge in [0.15, 0.2) is 0 Å². The standard InChI is InChI=1S/C13H28N2O2/c1-10(9-17-13(5,6)7)15-11(16)8-14-12(2,3)4/h10,14H,8-9H2,1-7H3,(H,15,16). The maximum Gasteiger partial charge on any atom is 0.234 e. The Bertz CT molecular complexity index is 239. The Kier molecular flexibility index (Phi) is 6.13. The van der Waals surface area contributed by atoms with Gasteiger partial charge in [0, 0.05) is 11.6 Å². The maximum absolute atomic E-state index is 11.6. The highest BCUT2D eigenvalue weighted by Gasteiger charge is 2.15. The van der Waals surface area contributed by atoms with Gasteiger partial charge in [0.2, 0.25) is 5.91 Å². The molecular weight excluding hydrogens is 216 g/mol. The zero-order chi connectivity index (χ0) is 13.7. The van der Waals surface area contributed by atoms with Crippen LogP contribution in [0, 0.1) is 0 Å². The third-order valence-corrected chi connectivity index (χ3v) is 1.95. The Hall–Kier alpha value is -0.610. The second kappa shape index (κ2) is 6.36. The molecule has 0 aliphatic rings. The molecule has 1 unspecified atom stereocenters. The van der Waals surface area contributed by atoms with Crippen molar-refractivity contribution in [1.82, 2.24) is 10.6 Å². The number of nitrogens with one attached hydrogen (secondary N) is 2. The summed E-state index contributed by atoms with van der Waals surface area (Å²) in [4.78, 5) is 11.6. The van der Waals surface area contributed by atoms with E-state index in [0.29, 0.717) is 13.2 Å². The van der Waals surface area contributed by atoms with E-state index in [1.54, 1.807) is 0 Å². The van der Waals surface area contributed by atoms with E-state index in [9.17, 15) is 4.79 Å². The fraction of sp³-hybridized carbons (Fsp3) is 0.923. The Morgan fingerprint density at radius 2 is 1.71 bits per heavy atom. The van der Waals surface area contributed by atoms with Crippen molar-refractivity contribution in [2.75, 3.05) is 13.2 Å². The minimum Gasteiger partial charge on any atom is -0.374 e. The quantitative estimate of drug-likeness (QED) is 0.774. The predicted molar refractivity (Wildman–Crippen MR) is 71.1 cm³/mol. The third-order valence-electron chi connectivity index (χ3n) is 1.95. The van der Waals surface area contributed by atoms with Crippen LogP contribution in [0.2, 0.25) is 0 Å². The minimum atomic E-state index is -0.164. The summed E-state index contributed by atoms with van der Waals surface area (Å²) < 4.78 is 5.60. The van der Waals surface area contributed by atoms with E-state index < -0.39 is 0 Å². The van der Waals surface area contributed by atoms with E-state index in [-0.39, 0.29) is 23.1 Å². The van der Waals surface area contributed by atoms with Gasteiger partial charge < -0.3 is 15.4 Å². The van der Waals surface area contributed by atoms with Gasteiger partial charge in [-0.15, -0.1) is 0 Å². The molecule has 0 rings (SSSR count). The molecule has 0 saturated heterocycles. The molecule has 0 radical (unpaired) electrons. The molecule has 0 aromatic rings. The van der Waals surface area contributed by atoms with Crippen molar-refractivity contribution in [3.8, 4) is 0 Å². The molecule has 1 atom stereocenters. The SMILES string of the molecule is CC(COC(C)(C)C)NC(=O)CNC(C)(C)C. The van der Waals surface area contributed by atoms with Gasteiger partial charge in [-0.1, -0.05) is 0 Å². The van der Waals surface area contributed by atoms with Gasteiger partial charge in [-0.25, -0.2) is 0 Å². The normalized spacial score (nSPS) is 14.5. The first-order chi connectivity index (χ1) is 7.49. The Balaban J connectivity index is 3.81. The molecule has 0 heterocycles. The number of amides is 1. The summed E-state index contributed by atoms with van der Waals surface area (Å²) in [7, 11) is 0. The van der Waals surface area contributed by atoms with Crippen LogP contribution in [0.25, 0.3) is 0 Å². The van der Waals surface area contributed by atoms with Gasteiger partial charge in [0.05, 0.1) is 18.8 Å². The first-order valence-electron chi connectivity index (χ1n) is 6.18. The van der Waals surface area contributed by atoms with Crippen LogP contribution in [0.15, 0.2) is 0 Å². The summed E-state index contributed by atoms with van der Waals surface area (Å²) >= 11 is 0. The zero-order valence-electron chi connectivity index (χ0n) is 12.3. The summed E-state index contributed by atoms with van der Waals surface area (Å²) in [6, 6.07) is 0.0310. The van der Waals surface area contributed by atoms with Gasteiger partial charge in [-0.3, -0.25) is 4.79 Å². The van der Waals surface area contributed by atoms with E-state index in [1.165, 1.54) is 0 Å². The molecule has 4 heteroatoms. The van der Waals surface area contributed by atoms with Crippen LogP contribution >= 0.6 is 0 Å². The van der Waals surface area contributed by atoms with Gasteiger partial charge in [0.1, 0.15) is 0 Å². The van der Waals surface area contributed by atoms with Gasteiger partial charge in [-0.05, 0) is 48.5 Å². The average molecular weight is 244 g/mol. The van der Waals surface area contributed by atoms with Crippen LogP contribution in [0.5, 0.6) is 0 Å². The van der Waals surface area contributed by atoms with Crippen molar-refractivity contribution in [3.63, 3.8) is 0 Å². The lowest BCUT2D eigenvalue weighted by Crippen LogP contribution is -2.46. The van der Waals surface area contributed by atoms with Gasteiger partial charge in [-0.2, -0.15) is 0 Å². The number of carbonyl (C=O) groups is 1. The topological polar surface area (TPSA) is 50.4 Å². The highest BCUT2D eigenvalue weighted by Crippen LogP contribution is 2.06. The molecule has 0 aliphatic carbocycles. The molecule has 0 bridgehead atoms. The van der Waals surface area contributed by atoms with Crippen LogP contribution in [0.4, 0.5) is 0 Å². The molecule has 0 fully saturated rings. The Morgan fingerprint density at radius 1 is 1.18 bits per heavy atom. The number of hydrogen-bond donors (Lipinski definition) is 2. The first kappa shape index (κ1) is 16.4. The predicted octanol–water partition coefficient (Wildman–Crippen LogP) is 1.69. The Labute approximate surface area is 105 Å². The first-order valence-corrected chi connectivity index (χ1v) is 6.18. The van der Waals surface area contributed by atoms with Gasteiger partial charge >= 0.3 is 0 Å². The van der Waals surface area contributed by atoms with Crippen molar-refractivity contribution in [2.45, 2.75) is 65.6 Å². The van der Waals surface area contributed by atoms with Crippen molar-refractivity contribution in [3.05, 3.63) is 0 Å². The summed E-state index contributed by atoms with van der Waals surface area (Å²) in [5.41, 5.74) is -0.203. The van der Waals surface area contributed by atoms with Crippen molar-refractivity contribution in [1.29, 1.82) is 0 Å². The van der Waals surface area contributed by atoms with Crippen LogP contribution in [-0.4, -0.2) is 36.2 Å². The molecule has 0 aliphatic heterocycles. The number of rotatable bonds is 5. The monoisotopic (exact) mass is 244 g/mol. The number of ether oxygens (including phenoxy) is 1. The molecular formula is C13H28N2O2. The smallest absolute Gasteiger partial charge is 0.234 e. The second-order valence-electron chi connectivity index (χ2n) is 6.50. The lowest BCUT2D eigenvalue weighted by atomic mass is 10.1. The molecule has 0 spiro atoms. The summed E-state index contributed by atoms with van der Waals surface area (Å²) in [6.45, 7) is 14.9. The molecule has 0 aromatic carbocycles. The fourth-order valence-electron chi connectivity index (χ4n) is 1.09. The molecule has 0 aromatic heterocycles. The van der Waals surface area contributed by atoms with E-state index >= 15 is 0 Å². The lowest BCUT2D eigenvalue weighted by molar-refractivity contribution is -0.122. The second-order valence-corrected chi connectivity index (χ2v) is 6.50. The molecule has 102 valence electrons. The van der Waals surface area contributed by atoms with Gasteiger partial charge in [0.25, 0.3) is 0 Å². The fourth-order valence-corrected chi connectivity index (χ4v) is 1.09. The van der Waals surface area contributed by atoms with E-state index in [1.807, 2.05) is 48.5 Å². The molecule has 17 heavy (non-hydrogen) atoms. The summed E-state index contributed by atoms with van der Waals surface area (Å²) in [5.74, 6) is 0.00457. The van der Waals surface area contributed by atoms with Crippen LogP contribution < -0.4 is 10.6 Å². The van der Waals surface area contributed by atoms with E-state index in [0.717, 1.165) is 0 Å². The molecule has 4 nitrogen and oxygen atoms in total. The molecule has 2 N–H and O–H groups in total. The minimum absolute atomic E-state index is 0.00457. The van der Waals surface area contributed by atoms with Crippen molar-refractivity contribution in [2.24, 2.45) is 0 Å². The maximum atomic E-state index is 11.6. The van der Waals surface area contributed by atoms with Crippen LogP contribution in [-0.2, 0) is 9.53 Å². The Morgan fingerprint density at radius 3 is 2.12 bits per heavy atom. The zero-order valence-corrected chi connectivity index (χ0v) is 12.3. The summed E-state index contributed by atoms with van der Waals surface area (Å²) in [5, 5.41) is 6.05. The average Bonchev–Trinajstić information content (AvgIpc) is 2.09. The molecule has 0 saturated carbocycles. The van der Waals surface area contributed by atoms with E-state index in [2.05, 4.69) is 10.6 Å². The third kappa shape index (κ3) is 11.6. The molecule has 1 amide bonds. The van der Waals surface area contributed by atoms with Crippen LogP contribution in [0.3, 0.4) is 0 Å². The lowest BCUT2D eigenvalue weighted by Gasteiger charge is -2.24. The highest BCUT2D eigenvalue weighted by atomic mass is 16.5. The highest BCUT2D eigenvalue weighted by molar-refractivity contribution is 5.78. The largest absolute Gasteiger partial charge is 0.374 e.